The van der Waals surface area contributed by atoms with Crippen LogP contribution in [0, 0.1) is 0 Å². The first kappa shape index (κ1) is 10.0. The van der Waals surface area contributed by atoms with Crippen molar-refractivity contribution in [3.8, 4) is 5.82 Å². The van der Waals surface area contributed by atoms with Gasteiger partial charge in [-0.2, -0.15) is 10.2 Å². The summed E-state index contributed by atoms with van der Waals surface area (Å²) in [5, 5.41) is 11.7. The van der Waals surface area contributed by atoms with Gasteiger partial charge in [0.25, 0.3) is 0 Å². The lowest BCUT2D eigenvalue weighted by molar-refractivity contribution is 0.827. The van der Waals surface area contributed by atoms with E-state index in [1.165, 1.54) is 10.7 Å². The number of H-pyrrole nitrogens is 1. The largest absolute Gasteiger partial charge is 0.286 e. The van der Waals surface area contributed by atoms with E-state index in [-0.39, 0.29) is 16.4 Å². The smallest absolute Gasteiger partial charge is 0.227 e. The molecule has 2 aromatic heterocycles. The summed E-state index contributed by atoms with van der Waals surface area (Å²) in [4.78, 5) is 11.8. The van der Waals surface area contributed by atoms with Crippen LogP contribution in [-0.4, -0.2) is 20.0 Å². The minimum Gasteiger partial charge on any atom is -0.286 e. The van der Waals surface area contributed by atoms with Crippen molar-refractivity contribution in [2.75, 3.05) is 0 Å². The summed E-state index contributed by atoms with van der Waals surface area (Å²) in [6, 6.07) is 8.86. The van der Waals surface area contributed by atoms with E-state index in [4.69, 9.17) is 11.6 Å². The number of nitrogens with one attached hydrogen (secondary N) is 1. The van der Waals surface area contributed by atoms with E-state index in [9.17, 15) is 4.79 Å². The Bertz CT molecular complexity index is 746. The minimum absolute atomic E-state index is 0.204. The van der Waals surface area contributed by atoms with Crippen molar-refractivity contribution in [1.29, 1.82) is 0 Å². The second-order valence-corrected chi connectivity index (χ2v) is 3.93. The second-order valence-electron chi connectivity index (χ2n) is 3.52. The monoisotopic (exact) mass is 246 g/mol. The average molecular weight is 247 g/mol. The van der Waals surface area contributed by atoms with Gasteiger partial charge in [-0.05, 0) is 6.07 Å². The molecule has 2 heterocycles. The van der Waals surface area contributed by atoms with E-state index < -0.39 is 0 Å². The zero-order valence-corrected chi connectivity index (χ0v) is 9.35. The van der Waals surface area contributed by atoms with E-state index in [2.05, 4.69) is 15.3 Å². The first-order valence-corrected chi connectivity index (χ1v) is 5.32. The molecule has 6 heteroatoms. The molecule has 0 spiro atoms. The fourth-order valence-corrected chi connectivity index (χ4v) is 1.81. The number of halogens is 1. The number of aromatic nitrogens is 4. The summed E-state index contributed by atoms with van der Waals surface area (Å²) in [5.41, 5.74) is 0.551. The molecule has 0 aliphatic heterocycles. The Hall–Kier alpha value is -2.14. The van der Waals surface area contributed by atoms with E-state index in [0.717, 1.165) is 10.9 Å². The van der Waals surface area contributed by atoms with Gasteiger partial charge in [0, 0.05) is 11.5 Å². The summed E-state index contributed by atoms with van der Waals surface area (Å²) < 4.78 is 1.49. The fourth-order valence-electron chi connectivity index (χ4n) is 1.67. The van der Waals surface area contributed by atoms with Gasteiger partial charge in [0.15, 0.2) is 0 Å². The van der Waals surface area contributed by atoms with Crippen LogP contribution in [0.3, 0.4) is 0 Å². The van der Waals surface area contributed by atoms with Gasteiger partial charge in [-0.15, -0.1) is 0 Å². The number of nitrogens with zero attached hydrogens (tertiary/aromatic N) is 3. The standard InChI is InChI=1S/C11H7ClN4O/c12-10-5-9(17)11(15-14-10)16-8-4-2-1-3-7(8)6-13-16/h1-6H,(H,14,17). The quantitative estimate of drug-likeness (QED) is 0.712. The normalized spacial score (nSPS) is 10.9. The van der Waals surface area contributed by atoms with Gasteiger partial charge in [-0.1, -0.05) is 29.8 Å². The summed E-state index contributed by atoms with van der Waals surface area (Å²) in [5.74, 6) is 0.204. The molecule has 0 amide bonds. The predicted octanol–water partition coefficient (Wildman–Crippen LogP) is 1.76. The summed E-state index contributed by atoms with van der Waals surface area (Å²) in [6.07, 6.45) is 1.69. The Morgan fingerprint density at radius 3 is 2.94 bits per heavy atom. The van der Waals surface area contributed by atoms with Gasteiger partial charge in [0.05, 0.1) is 11.7 Å². The molecular formula is C11H7ClN4O. The number of rotatable bonds is 1. The molecule has 0 aliphatic carbocycles. The first-order valence-electron chi connectivity index (χ1n) is 4.94. The van der Waals surface area contributed by atoms with Crippen molar-refractivity contribution in [3.05, 3.63) is 51.9 Å². The molecule has 3 aromatic rings. The molecule has 0 unspecified atom stereocenters. The average Bonchev–Trinajstić information content (AvgIpc) is 2.73. The Labute approximate surface area is 101 Å². The number of hydrogen-bond donors (Lipinski definition) is 1. The van der Waals surface area contributed by atoms with Gasteiger partial charge in [0.1, 0.15) is 5.15 Å². The van der Waals surface area contributed by atoms with E-state index in [1.54, 1.807) is 6.20 Å². The highest BCUT2D eigenvalue weighted by Gasteiger charge is 2.09. The maximum Gasteiger partial charge on any atom is 0.227 e. The third kappa shape index (κ3) is 1.60. The lowest BCUT2D eigenvalue weighted by Crippen LogP contribution is -2.15. The van der Waals surface area contributed by atoms with Crippen molar-refractivity contribution in [2.24, 2.45) is 0 Å². The molecule has 1 aromatic carbocycles. The third-order valence-electron chi connectivity index (χ3n) is 2.42. The van der Waals surface area contributed by atoms with Crippen molar-refractivity contribution in [2.45, 2.75) is 0 Å². The van der Waals surface area contributed by atoms with E-state index in [1.807, 2.05) is 24.3 Å². The highest BCUT2D eigenvalue weighted by atomic mass is 35.5. The topological polar surface area (TPSA) is 63.6 Å². The highest BCUT2D eigenvalue weighted by Crippen LogP contribution is 2.14. The lowest BCUT2D eigenvalue weighted by Gasteiger charge is -2.00. The molecule has 0 bridgehead atoms. The number of fused-ring (bicyclic) bond motifs is 1. The SMILES string of the molecule is O=c1cc(Cl)[nH]nc1-n1ncc2ccccc21. The molecule has 0 radical (unpaired) electrons. The molecular weight excluding hydrogens is 240 g/mol. The van der Waals surface area contributed by atoms with Crippen molar-refractivity contribution in [3.63, 3.8) is 0 Å². The maximum absolute atomic E-state index is 11.8. The second kappa shape index (κ2) is 3.71. The number of aromatic amines is 1. The first-order chi connectivity index (χ1) is 8.25. The summed E-state index contributed by atoms with van der Waals surface area (Å²) in [6.45, 7) is 0. The van der Waals surface area contributed by atoms with Crippen LogP contribution in [0.2, 0.25) is 5.15 Å². The number of benzene rings is 1. The number of hydrogen-bond acceptors (Lipinski definition) is 3. The minimum atomic E-state index is -0.275. The lowest BCUT2D eigenvalue weighted by atomic mass is 10.2. The molecule has 0 fully saturated rings. The molecule has 84 valence electrons. The van der Waals surface area contributed by atoms with Crippen LogP contribution >= 0.6 is 11.6 Å². The van der Waals surface area contributed by atoms with E-state index in [0.29, 0.717) is 0 Å². The molecule has 0 aliphatic rings. The summed E-state index contributed by atoms with van der Waals surface area (Å²) >= 11 is 5.65. The Balaban J connectivity index is 2.31. The van der Waals surface area contributed by atoms with Crippen LogP contribution in [0.4, 0.5) is 0 Å². The molecule has 0 atom stereocenters. The predicted molar refractivity (Wildman–Crippen MR) is 64.5 cm³/mol. The van der Waals surface area contributed by atoms with Crippen LogP contribution in [0.1, 0.15) is 0 Å². The third-order valence-corrected chi connectivity index (χ3v) is 2.62. The van der Waals surface area contributed by atoms with Crippen molar-refractivity contribution >= 4 is 22.5 Å². The maximum atomic E-state index is 11.8. The van der Waals surface area contributed by atoms with Crippen LogP contribution < -0.4 is 5.43 Å². The van der Waals surface area contributed by atoms with Gasteiger partial charge >= 0.3 is 0 Å². The highest BCUT2D eigenvalue weighted by molar-refractivity contribution is 6.29. The Kier molecular flexibility index (Phi) is 2.19. The molecule has 1 N–H and O–H groups in total. The van der Waals surface area contributed by atoms with Crippen LogP contribution in [0.15, 0.2) is 41.3 Å². The molecule has 17 heavy (non-hydrogen) atoms. The Morgan fingerprint density at radius 1 is 1.29 bits per heavy atom. The molecule has 0 saturated carbocycles. The Morgan fingerprint density at radius 2 is 2.12 bits per heavy atom. The zero-order chi connectivity index (χ0) is 11.8. The molecule has 5 nitrogen and oxygen atoms in total. The summed E-state index contributed by atoms with van der Waals surface area (Å²) in [7, 11) is 0. The van der Waals surface area contributed by atoms with Crippen LogP contribution in [0.5, 0.6) is 0 Å². The van der Waals surface area contributed by atoms with Crippen LogP contribution in [-0.2, 0) is 0 Å². The van der Waals surface area contributed by atoms with E-state index >= 15 is 0 Å². The van der Waals surface area contributed by atoms with Gasteiger partial charge in [-0.25, -0.2) is 4.68 Å². The van der Waals surface area contributed by atoms with Gasteiger partial charge in [0.2, 0.25) is 11.2 Å². The number of para-hydroxylation sites is 1. The molecule has 3 rings (SSSR count). The van der Waals surface area contributed by atoms with Crippen molar-refractivity contribution in [1.82, 2.24) is 20.0 Å². The molecule has 0 saturated heterocycles. The van der Waals surface area contributed by atoms with Crippen molar-refractivity contribution < 1.29 is 0 Å². The van der Waals surface area contributed by atoms with Gasteiger partial charge < -0.3 is 0 Å². The zero-order valence-electron chi connectivity index (χ0n) is 8.59. The van der Waals surface area contributed by atoms with Gasteiger partial charge in [-0.3, -0.25) is 9.89 Å². The van der Waals surface area contributed by atoms with Crippen LogP contribution in [0.25, 0.3) is 16.7 Å². The fraction of sp³-hybridized carbons (Fsp3) is 0.